The van der Waals surface area contributed by atoms with E-state index in [0.29, 0.717) is 12.6 Å². The lowest BCUT2D eigenvalue weighted by atomic mass is 10.0. The van der Waals surface area contributed by atoms with Gasteiger partial charge in [-0.1, -0.05) is 30.3 Å². The van der Waals surface area contributed by atoms with E-state index in [2.05, 4.69) is 50.9 Å². The summed E-state index contributed by atoms with van der Waals surface area (Å²) in [7, 11) is 1.79. The number of nitrogens with one attached hydrogen (secondary N) is 2. The molecule has 2 aliphatic rings. The van der Waals surface area contributed by atoms with E-state index in [9.17, 15) is 5.11 Å². The molecule has 2 atom stereocenters. The number of rotatable bonds is 5. The van der Waals surface area contributed by atoms with Gasteiger partial charge in [-0.15, -0.1) is 0 Å². The van der Waals surface area contributed by atoms with Crippen LogP contribution in [-0.4, -0.2) is 65.8 Å². The molecule has 0 saturated carbocycles. The van der Waals surface area contributed by atoms with Crippen molar-refractivity contribution in [3.63, 3.8) is 0 Å². The highest BCUT2D eigenvalue weighted by atomic mass is 32.2. The summed E-state index contributed by atoms with van der Waals surface area (Å²) in [5.74, 6) is 2.65. The molecule has 0 bridgehead atoms. The van der Waals surface area contributed by atoms with Crippen LogP contribution in [0.4, 0.5) is 0 Å². The Labute approximate surface area is 148 Å². The molecule has 6 heteroatoms. The molecule has 3 N–H and O–H groups in total. The third kappa shape index (κ3) is 4.88. The zero-order chi connectivity index (χ0) is 16.8. The average molecular weight is 349 g/mol. The topological polar surface area (TPSA) is 59.9 Å². The van der Waals surface area contributed by atoms with Gasteiger partial charge in [0.05, 0.1) is 5.60 Å². The standard InChI is InChI=1S/C18H28N4OS/c1-19-17(20-13-18(23)8-10-24-14-18)21-16-7-9-22(12-16)11-15-5-3-2-4-6-15/h2-6,16,23H,7-14H2,1H3,(H2,19,20,21). The number of hydrogen-bond donors (Lipinski definition) is 3. The Balaban J connectivity index is 1.43. The molecular formula is C18H28N4OS. The highest BCUT2D eigenvalue weighted by Gasteiger charge is 2.32. The molecule has 2 unspecified atom stereocenters. The lowest BCUT2D eigenvalue weighted by Crippen LogP contribution is -2.50. The van der Waals surface area contributed by atoms with Crippen LogP contribution >= 0.6 is 11.8 Å². The molecule has 2 fully saturated rings. The number of thioether (sulfide) groups is 1. The Morgan fingerprint density at radius 1 is 1.42 bits per heavy atom. The first kappa shape index (κ1) is 17.6. The summed E-state index contributed by atoms with van der Waals surface area (Å²) < 4.78 is 0. The van der Waals surface area contributed by atoms with E-state index in [1.165, 1.54) is 5.56 Å². The first-order valence-electron chi connectivity index (χ1n) is 8.70. The van der Waals surface area contributed by atoms with Gasteiger partial charge in [0.1, 0.15) is 0 Å². The Hall–Kier alpha value is -1.24. The molecule has 2 saturated heterocycles. The minimum Gasteiger partial charge on any atom is -0.387 e. The highest BCUT2D eigenvalue weighted by Crippen LogP contribution is 2.26. The fourth-order valence-corrected chi connectivity index (χ4v) is 4.60. The molecule has 0 aromatic heterocycles. The van der Waals surface area contributed by atoms with Gasteiger partial charge in [-0.2, -0.15) is 11.8 Å². The van der Waals surface area contributed by atoms with Crippen LogP contribution < -0.4 is 10.6 Å². The summed E-state index contributed by atoms with van der Waals surface area (Å²) in [5, 5.41) is 17.2. The fourth-order valence-electron chi connectivity index (χ4n) is 3.31. The lowest BCUT2D eigenvalue weighted by molar-refractivity contribution is 0.0724. The predicted molar refractivity (Wildman–Crippen MR) is 102 cm³/mol. The number of aliphatic imine (C=N–C) groups is 1. The number of nitrogens with zero attached hydrogens (tertiary/aromatic N) is 2. The van der Waals surface area contributed by atoms with Gasteiger partial charge in [-0.3, -0.25) is 9.89 Å². The molecular weight excluding hydrogens is 320 g/mol. The molecule has 1 aromatic rings. The van der Waals surface area contributed by atoms with E-state index in [1.807, 2.05) is 11.8 Å². The van der Waals surface area contributed by atoms with Crippen molar-refractivity contribution >= 4 is 17.7 Å². The van der Waals surface area contributed by atoms with Gasteiger partial charge in [-0.25, -0.2) is 0 Å². The summed E-state index contributed by atoms with van der Waals surface area (Å²) in [5.41, 5.74) is 0.777. The van der Waals surface area contributed by atoms with E-state index >= 15 is 0 Å². The SMILES string of the molecule is CN=C(NCC1(O)CCSC1)NC1CCN(Cc2ccccc2)C1. The van der Waals surface area contributed by atoms with Crippen LogP contribution in [0.3, 0.4) is 0 Å². The largest absolute Gasteiger partial charge is 0.387 e. The third-order valence-electron chi connectivity index (χ3n) is 4.75. The fraction of sp³-hybridized carbons (Fsp3) is 0.611. The van der Waals surface area contributed by atoms with Crippen LogP contribution in [0.1, 0.15) is 18.4 Å². The maximum absolute atomic E-state index is 10.4. The predicted octanol–water partition coefficient (Wildman–Crippen LogP) is 1.29. The van der Waals surface area contributed by atoms with Gasteiger partial charge in [0.15, 0.2) is 5.96 Å². The van der Waals surface area contributed by atoms with Crippen molar-refractivity contribution in [3.05, 3.63) is 35.9 Å². The van der Waals surface area contributed by atoms with Crippen LogP contribution in [0.2, 0.25) is 0 Å². The zero-order valence-corrected chi connectivity index (χ0v) is 15.2. The Kier molecular flexibility index (Phi) is 6.03. The maximum Gasteiger partial charge on any atom is 0.191 e. The van der Waals surface area contributed by atoms with Crippen LogP contribution in [-0.2, 0) is 6.54 Å². The second kappa shape index (κ2) is 8.23. The molecule has 3 rings (SSSR count). The maximum atomic E-state index is 10.4. The van der Waals surface area contributed by atoms with Crippen LogP contribution in [0, 0.1) is 0 Å². The molecule has 0 spiro atoms. The van der Waals surface area contributed by atoms with E-state index < -0.39 is 5.60 Å². The molecule has 24 heavy (non-hydrogen) atoms. The minimum atomic E-state index is -0.586. The van der Waals surface area contributed by atoms with Crippen LogP contribution in [0.15, 0.2) is 35.3 Å². The average Bonchev–Trinajstić information content (AvgIpc) is 3.22. The van der Waals surface area contributed by atoms with Gasteiger partial charge in [-0.05, 0) is 24.2 Å². The molecule has 2 heterocycles. The van der Waals surface area contributed by atoms with Crippen LogP contribution in [0.25, 0.3) is 0 Å². The van der Waals surface area contributed by atoms with Gasteiger partial charge >= 0.3 is 0 Å². The first-order valence-corrected chi connectivity index (χ1v) is 9.86. The second-order valence-electron chi connectivity index (χ2n) is 6.80. The molecule has 0 amide bonds. The Bertz CT molecular complexity index is 545. The minimum absolute atomic E-state index is 0.410. The van der Waals surface area contributed by atoms with Crippen molar-refractivity contribution in [2.75, 3.05) is 38.2 Å². The summed E-state index contributed by atoms with van der Waals surface area (Å²) in [6.07, 6.45) is 1.98. The second-order valence-corrected chi connectivity index (χ2v) is 7.91. The van der Waals surface area contributed by atoms with Crippen molar-refractivity contribution in [1.82, 2.24) is 15.5 Å². The number of likely N-dealkylation sites (tertiary alicyclic amines) is 1. The van der Waals surface area contributed by atoms with E-state index in [4.69, 9.17) is 0 Å². The Morgan fingerprint density at radius 3 is 2.96 bits per heavy atom. The van der Waals surface area contributed by atoms with Crippen LogP contribution in [0.5, 0.6) is 0 Å². The lowest BCUT2D eigenvalue weighted by Gasteiger charge is -2.24. The molecule has 132 valence electrons. The number of aliphatic hydroxyl groups is 1. The van der Waals surface area contributed by atoms with Crippen molar-refractivity contribution < 1.29 is 5.11 Å². The van der Waals surface area contributed by atoms with E-state index in [0.717, 1.165) is 49.9 Å². The number of guanidine groups is 1. The van der Waals surface area contributed by atoms with E-state index in [-0.39, 0.29) is 0 Å². The van der Waals surface area contributed by atoms with Crippen molar-refractivity contribution in [1.29, 1.82) is 0 Å². The summed E-state index contributed by atoms with van der Waals surface area (Å²) in [4.78, 5) is 6.78. The first-order chi connectivity index (χ1) is 11.7. The van der Waals surface area contributed by atoms with Gasteiger partial charge < -0.3 is 15.7 Å². The molecule has 0 radical (unpaired) electrons. The van der Waals surface area contributed by atoms with Crippen molar-refractivity contribution in [3.8, 4) is 0 Å². The summed E-state index contributed by atoms with van der Waals surface area (Å²) in [6, 6.07) is 11.0. The zero-order valence-electron chi connectivity index (χ0n) is 14.4. The molecule has 2 aliphatic heterocycles. The van der Waals surface area contributed by atoms with Gasteiger partial charge in [0.25, 0.3) is 0 Å². The Morgan fingerprint density at radius 2 is 2.25 bits per heavy atom. The molecule has 1 aromatic carbocycles. The quantitative estimate of drug-likeness (QED) is 0.553. The van der Waals surface area contributed by atoms with E-state index in [1.54, 1.807) is 7.05 Å². The molecule has 5 nitrogen and oxygen atoms in total. The summed E-state index contributed by atoms with van der Waals surface area (Å²) >= 11 is 1.82. The number of benzene rings is 1. The van der Waals surface area contributed by atoms with Gasteiger partial charge in [0.2, 0.25) is 0 Å². The van der Waals surface area contributed by atoms with Crippen molar-refractivity contribution in [2.24, 2.45) is 4.99 Å². The van der Waals surface area contributed by atoms with Crippen molar-refractivity contribution in [2.45, 2.75) is 31.0 Å². The normalized spacial score (nSPS) is 28.2. The smallest absolute Gasteiger partial charge is 0.191 e. The highest BCUT2D eigenvalue weighted by molar-refractivity contribution is 7.99. The molecule has 0 aliphatic carbocycles. The summed E-state index contributed by atoms with van der Waals surface area (Å²) in [6.45, 7) is 3.70. The monoisotopic (exact) mass is 348 g/mol. The number of hydrogen-bond acceptors (Lipinski definition) is 4. The third-order valence-corrected chi connectivity index (χ3v) is 5.99. The van der Waals surface area contributed by atoms with Gasteiger partial charge in [0, 0.05) is 45.0 Å².